The molecule has 48 heavy (non-hydrogen) atoms. The Morgan fingerprint density at radius 2 is 0.917 bits per heavy atom. The van der Waals surface area contributed by atoms with E-state index in [0.29, 0.717) is 38.9 Å². The van der Waals surface area contributed by atoms with Crippen molar-refractivity contribution in [3.05, 3.63) is 163 Å². The van der Waals surface area contributed by atoms with E-state index in [1.807, 2.05) is 78.9 Å². The van der Waals surface area contributed by atoms with Crippen LogP contribution in [0.15, 0.2) is 152 Å². The molecule has 0 bridgehead atoms. The van der Waals surface area contributed by atoms with Gasteiger partial charge in [-0.25, -0.2) is 0 Å². The van der Waals surface area contributed by atoms with Crippen molar-refractivity contribution in [3.8, 4) is 67.5 Å². The number of aryl methyl sites for hydroxylation is 2. The maximum Gasteiger partial charge on any atom is 0.185 e. The minimum absolute atomic E-state index is 0.586. The van der Waals surface area contributed by atoms with Gasteiger partial charge in [0.2, 0.25) is 0 Å². The van der Waals surface area contributed by atoms with E-state index >= 15 is 4.57 Å². The highest BCUT2D eigenvalue weighted by Gasteiger charge is 2.48. The summed E-state index contributed by atoms with van der Waals surface area (Å²) < 4.78 is 30.3. The van der Waals surface area contributed by atoms with Gasteiger partial charge in [0.25, 0.3) is 0 Å². The topological polar surface area (TPSA) is 35.5 Å². The number of hydrogen-bond donors (Lipinski definition) is 0. The van der Waals surface area contributed by atoms with Gasteiger partial charge in [-0.1, -0.05) is 121 Å². The van der Waals surface area contributed by atoms with Crippen LogP contribution in [-0.2, 0) is 4.57 Å². The zero-order chi connectivity index (χ0) is 32.4. The van der Waals surface area contributed by atoms with Crippen LogP contribution in [0.3, 0.4) is 0 Å². The molecule has 7 aromatic carbocycles. The Hall–Kier alpha value is -5.63. The molecule has 0 saturated heterocycles. The van der Waals surface area contributed by atoms with E-state index in [4.69, 9.17) is 9.47 Å². The summed E-state index contributed by atoms with van der Waals surface area (Å²) in [5.74, 6) is 2.40. The minimum atomic E-state index is -3.51. The summed E-state index contributed by atoms with van der Waals surface area (Å²) in [5.41, 5.74) is 10.3. The standard InChI is InChI=1S/C44H31O3P/c1-28-13-9-11-19-34(28)33-22-24-41-39(26-33)47-43-37(35-20-12-10-14-29(35)2)27-36(31-17-7-4-8-18-31)42-44(43)48(41,45)40-23-21-32(25-38(40)46-42)30-15-5-3-6-16-30/h3-27H,1-2H3. The molecule has 2 heterocycles. The summed E-state index contributed by atoms with van der Waals surface area (Å²) in [5, 5.41) is 2.00. The van der Waals surface area contributed by atoms with Gasteiger partial charge in [0.1, 0.15) is 28.3 Å². The molecule has 0 aliphatic carbocycles. The summed E-state index contributed by atoms with van der Waals surface area (Å²) in [4.78, 5) is 0. The van der Waals surface area contributed by atoms with E-state index in [-0.39, 0.29) is 0 Å². The van der Waals surface area contributed by atoms with E-state index in [1.54, 1.807) is 0 Å². The molecule has 9 rings (SSSR count). The SMILES string of the molecule is Cc1ccccc1-c1ccc2c(c1)Oc1c(-c3ccccc3C)cc(-c3ccccc3)c3c1P2(=O)c1ccc(-c2ccccc2)cc1O3. The van der Waals surface area contributed by atoms with Crippen molar-refractivity contribution in [3.63, 3.8) is 0 Å². The van der Waals surface area contributed by atoms with Crippen molar-refractivity contribution in [2.75, 3.05) is 0 Å². The van der Waals surface area contributed by atoms with Crippen molar-refractivity contribution in [1.82, 2.24) is 0 Å². The average Bonchev–Trinajstić information content (AvgIpc) is 3.12. The largest absolute Gasteiger partial charge is 0.455 e. The third kappa shape index (κ3) is 4.32. The first-order valence-electron chi connectivity index (χ1n) is 16.2. The maximum absolute atomic E-state index is 16.4. The first-order valence-corrected chi connectivity index (χ1v) is 17.9. The van der Waals surface area contributed by atoms with E-state index in [1.165, 1.54) is 5.56 Å². The van der Waals surface area contributed by atoms with E-state index in [9.17, 15) is 0 Å². The Morgan fingerprint density at radius 1 is 0.417 bits per heavy atom. The number of rotatable bonds is 4. The molecule has 1 atom stereocenters. The molecule has 0 fully saturated rings. The summed E-state index contributed by atoms with van der Waals surface area (Å²) >= 11 is 0. The Bertz CT molecular complexity index is 2450. The first-order chi connectivity index (χ1) is 23.5. The smallest absolute Gasteiger partial charge is 0.185 e. The van der Waals surface area contributed by atoms with Crippen LogP contribution >= 0.6 is 7.14 Å². The summed E-state index contributed by atoms with van der Waals surface area (Å²) in [7, 11) is -3.51. The Kier molecular flexibility index (Phi) is 6.54. The lowest BCUT2D eigenvalue weighted by Crippen LogP contribution is -2.35. The zero-order valence-corrected chi connectivity index (χ0v) is 27.5. The molecular weight excluding hydrogens is 607 g/mol. The molecule has 1 unspecified atom stereocenters. The van der Waals surface area contributed by atoms with Gasteiger partial charge in [0, 0.05) is 11.1 Å². The zero-order valence-electron chi connectivity index (χ0n) is 26.6. The second kappa shape index (κ2) is 11.0. The van der Waals surface area contributed by atoms with Crippen LogP contribution in [0.1, 0.15) is 11.1 Å². The molecule has 4 heteroatoms. The molecule has 2 aliphatic rings. The van der Waals surface area contributed by atoms with Gasteiger partial charge in [-0.15, -0.1) is 0 Å². The highest BCUT2D eigenvalue weighted by Crippen LogP contribution is 2.62. The first kappa shape index (κ1) is 28.6. The lowest BCUT2D eigenvalue weighted by atomic mass is 9.94. The molecule has 0 N–H and O–H groups in total. The number of fused-ring (bicyclic) bond motifs is 4. The normalized spacial score (nSPS) is 15.4. The van der Waals surface area contributed by atoms with Crippen LogP contribution in [0.25, 0.3) is 44.5 Å². The molecule has 0 amide bonds. The molecule has 230 valence electrons. The van der Waals surface area contributed by atoms with Gasteiger partial charge < -0.3 is 14.0 Å². The van der Waals surface area contributed by atoms with Crippen LogP contribution < -0.4 is 25.4 Å². The average molecular weight is 639 g/mol. The van der Waals surface area contributed by atoms with E-state index < -0.39 is 7.14 Å². The molecule has 0 spiro atoms. The second-order valence-corrected chi connectivity index (χ2v) is 15.1. The molecule has 0 saturated carbocycles. The third-order valence-corrected chi connectivity index (χ3v) is 12.8. The Balaban J connectivity index is 1.38. The second-order valence-electron chi connectivity index (χ2n) is 12.5. The van der Waals surface area contributed by atoms with Crippen molar-refractivity contribution in [2.45, 2.75) is 13.8 Å². The highest BCUT2D eigenvalue weighted by molar-refractivity contribution is 7.86. The summed E-state index contributed by atoms with van der Waals surface area (Å²) in [6.07, 6.45) is 0. The summed E-state index contributed by atoms with van der Waals surface area (Å²) in [6.45, 7) is 4.22. The van der Waals surface area contributed by atoms with Gasteiger partial charge in [-0.2, -0.15) is 0 Å². The van der Waals surface area contributed by atoms with Gasteiger partial charge in [0.15, 0.2) is 7.14 Å². The fourth-order valence-electron chi connectivity index (χ4n) is 7.21. The lowest BCUT2D eigenvalue weighted by Gasteiger charge is -2.37. The van der Waals surface area contributed by atoms with Crippen LogP contribution in [0.2, 0.25) is 0 Å². The predicted octanol–water partition coefficient (Wildman–Crippen LogP) is 10.8. The number of ether oxygens (including phenoxy) is 2. The molecule has 2 aliphatic heterocycles. The molecule has 0 radical (unpaired) electrons. The van der Waals surface area contributed by atoms with Gasteiger partial charge in [0.05, 0.1) is 10.6 Å². The van der Waals surface area contributed by atoms with Crippen LogP contribution in [0.4, 0.5) is 0 Å². The maximum atomic E-state index is 16.4. The van der Waals surface area contributed by atoms with E-state index in [2.05, 4.69) is 86.6 Å². The van der Waals surface area contributed by atoms with Crippen molar-refractivity contribution in [1.29, 1.82) is 0 Å². The third-order valence-electron chi connectivity index (χ3n) is 9.63. The van der Waals surface area contributed by atoms with Crippen molar-refractivity contribution >= 4 is 23.1 Å². The van der Waals surface area contributed by atoms with Crippen LogP contribution in [0.5, 0.6) is 23.0 Å². The van der Waals surface area contributed by atoms with Gasteiger partial charge in [-0.3, -0.25) is 0 Å². The van der Waals surface area contributed by atoms with Crippen LogP contribution in [0, 0.1) is 13.8 Å². The number of hydrogen-bond acceptors (Lipinski definition) is 3. The quantitative estimate of drug-likeness (QED) is 0.180. The minimum Gasteiger partial charge on any atom is -0.455 e. The van der Waals surface area contributed by atoms with Crippen LogP contribution in [-0.4, -0.2) is 0 Å². The Morgan fingerprint density at radius 3 is 1.54 bits per heavy atom. The van der Waals surface area contributed by atoms with Crippen molar-refractivity contribution < 1.29 is 14.0 Å². The summed E-state index contributed by atoms with van der Waals surface area (Å²) in [6, 6.07) is 51.5. The molecule has 0 aromatic heterocycles. The molecule has 7 aromatic rings. The Labute approximate surface area is 280 Å². The van der Waals surface area contributed by atoms with Crippen molar-refractivity contribution in [2.24, 2.45) is 0 Å². The fourth-order valence-corrected chi connectivity index (χ4v) is 10.3. The molecular formula is C44H31O3P. The lowest BCUT2D eigenvalue weighted by molar-refractivity contribution is 0.464. The molecule has 3 nitrogen and oxygen atoms in total. The van der Waals surface area contributed by atoms with E-state index in [0.717, 1.165) is 50.1 Å². The monoisotopic (exact) mass is 638 g/mol. The fraction of sp³-hybridized carbons (Fsp3) is 0.0455. The van der Waals surface area contributed by atoms with Gasteiger partial charge >= 0.3 is 0 Å². The highest BCUT2D eigenvalue weighted by atomic mass is 31.2. The predicted molar refractivity (Wildman–Crippen MR) is 197 cm³/mol. The van der Waals surface area contributed by atoms with Gasteiger partial charge in [-0.05, 0) is 88.7 Å². The number of benzene rings is 7.